The van der Waals surface area contributed by atoms with Crippen molar-refractivity contribution in [1.29, 1.82) is 0 Å². The first-order valence-electron chi connectivity index (χ1n) is 5.94. The number of carbonyl (C=O) groups excluding carboxylic acids is 1. The zero-order chi connectivity index (χ0) is 14.6. The van der Waals surface area contributed by atoms with Crippen molar-refractivity contribution in [2.24, 2.45) is 0 Å². The van der Waals surface area contributed by atoms with Gasteiger partial charge in [0.25, 0.3) is 5.91 Å². The maximum atomic E-state index is 11.9. The Labute approximate surface area is 112 Å². The lowest BCUT2D eigenvalue weighted by Crippen LogP contribution is -2.42. The van der Waals surface area contributed by atoms with Gasteiger partial charge in [-0.25, -0.2) is 0 Å². The molecule has 106 valence electrons. The molecule has 0 aromatic heterocycles. The molecule has 19 heavy (non-hydrogen) atoms. The SMILES string of the molecule is CN(C)C(=O)c1ccc(N)c(NC(C)(CO)CO)c1. The Balaban J connectivity index is 3.08. The number of rotatable bonds is 5. The third-order valence-electron chi connectivity index (χ3n) is 2.84. The van der Waals surface area contributed by atoms with Crippen molar-refractivity contribution in [2.75, 3.05) is 38.4 Å². The van der Waals surface area contributed by atoms with Crippen LogP contribution in [0.3, 0.4) is 0 Å². The van der Waals surface area contributed by atoms with Crippen LogP contribution in [0.5, 0.6) is 0 Å². The number of aliphatic hydroxyl groups is 2. The van der Waals surface area contributed by atoms with Crippen molar-refractivity contribution >= 4 is 17.3 Å². The van der Waals surface area contributed by atoms with Gasteiger partial charge in [0.15, 0.2) is 0 Å². The molecule has 1 amide bonds. The highest BCUT2D eigenvalue weighted by molar-refractivity contribution is 5.96. The number of nitrogens with two attached hydrogens (primary N) is 1. The topological polar surface area (TPSA) is 98.8 Å². The van der Waals surface area contributed by atoms with Gasteiger partial charge in [-0.3, -0.25) is 4.79 Å². The van der Waals surface area contributed by atoms with Crippen LogP contribution in [0.2, 0.25) is 0 Å². The summed E-state index contributed by atoms with van der Waals surface area (Å²) < 4.78 is 0. The maximum Gasteiger partial charge on any atom is 0.253 e. The van der Waals surface area contributed by atoms with Crippen LogP contribution in [0.25, 0.3) is 0 Å². The number of carbonyl (C=O) groups is 1. The van der Waals surface area contributed by atoms with E-state index in [1.165, 1.54) is 4.90 Å². The van der Waals surface area contributed by atoms with E-state index < -0.39 is 5.54 Å². The molecule has 0 spiro atoms. The zero-order valence-corrected chi connectivity index (χ0v) is 11.5. The maximum absolute atomic E-state index is 11.9. The largest absolute Gasteiger partial charge is 0.397 e. The van der Waals surface area contributed by atoms with E-state index in [4.69, 9.17) is 5.73 Å². The van der Waals surface area contributed by atoms with Crippen LogP contribution in [0.1, 0.15) is 17.3 Å². The highest BCUT2D eigenvalue weighted by Gasteiger charge is 2.23. The van der Waals surface area contributed by atoms with Crippen LogP contribution in [-0.2, 0) is 0 Å². The molecule has 0 saturated carbocycles. The summed E-state index contributed by atoms with van der Waals surface area (Å²) in [5.74, 6) is -0.141. The second kappa shape index (κ2) is 5.90. The lowest BCUT2D eigenvalue weighted by molar-refractivity contribution is 0.0827. The first-order chi connectivity index (χ1) is 8.83. The van der Waals surface area contributed by atoms with Gasteiger partial charge in [0.2, 0.25) is 0 Å². The monoisotopic (exact) mass is 267 g/mol. The molecular formula is C13H21N3O3. The minimum absolute atomic E-state index is 0.141. The van der Waals surface area contributed by atoms with Crippen molar-refractivity contribution in [2.45, 2.75) is 12.5 Å². The Morgan fingerprint density at radius 3 is 2.42 bits per heavy atom. The second-order valence-corrected chi connectivity index (χ2v) is 5.00. The Bertz CT molecular complexity index is 456. The molecule has 0 saturated heterocycles. The molecule has 0 radical (unpaired) electrons. The number of nitrogens with zero attached hydrogens (tertiary/aromatic N) is 1. The summed E-state index contributed by atoms with van der Waals surface area (Å²) in [5, 5.41) is 21.5. The molecular weight excluding hydrogens is 246 g/mol. The number of hydrogen-bond acceptors (Lipinski definition) is 5. The number of anilines is 2. The van der Waals surface area contributed by atoms with E-state index in [0.717, 1.165) is 0 Å². The summed E-state index contributed by atoms with van der Waals surface area (Å²) >= 11 is 0. The zero-order valence-electron chi connectivity index (χ0n) is 11.5. The number of nitrogen functional groups attached to an aromatic ring is 1. The number of amides is 1. The highest BCUT2D eigenvalue weighted by Crippen LogP contribution is 2.24. The van der Waals surface area contributed by atoms with E-state index in [0.29, 0.717) is 16.9 Å². The molecule has 0 aliphatic heterocycles. The number of hydrogen-bond donors (Lipinski definition) is 4. The third-order valence-corrected chi connectivity index (χ3v) is 2.84. The van der Waals surface area contributed by atoms with E-state index in [1.54, 1.807) is 39.2 Å². The lowest BCUT2D eigenvalue weighted by atomic mass is 10.0. The van der Waals surface area contributed by atoms with Crippen molar-refractivity contribution in [3.63, 3.8) is 0 Å². The van der Waals surface area contributed by atoms with Crippen molar-refractivity contribution in [1.82, 2.24) is 4.90 Å². The van der Waals surface area contributed by atoms with Gasteiger partial charge in [0.05, 0.1) is 30.1 Å². The van der Waals surface area contributed by atoms with Crippen LogP contribution >= 0.6 is 0 Å². The van der Waals surface area contributed by atoms with Gasteiger partial charge >= 0.3 is 0 Å². The second-order valence-electron chi connectivity index (χ2n) is 5.00. The molecule has 6 nitrogen and oxygen atoms in total. The van der Waals surface area contributed by atoms with E-state index in [9.17, 15) is 15.0 Å². The van der Waals surface area contributed by atoms with Crippen molar-refractivity contribution in [3.8, 4) is 0 Å². The van der Waals surface area contributed by atoms with E-state index in [2.05, 4.69) is 5.32 Å². The predicted molar refractivity (Wildman–Crippen MR) is 75.1 cm³/mol. The summed E-state index contributed by atoms with van der Waals surface area (Å²) in [7, 11) is 3.33. The average molecular weight is 267 g/mol. The number of aliphatic hydroxyl groups excluding tert-OH is 2. The van der Waals surface area contributed by atoms with Gasteiger partial charge in [-0.1, -0.05) is 0 Å². The Morgan fingerprint density at radius 2 is 1.95 bits per heavy atom. The standard InChI is InChI=1S/C13H21N3O3/c1-13(7-17,8-18)15-11-6-9(4-5-10(11)14)12(19)16(2)3/h4-6,15,17-18H,7-8,14H2,1-3H3. The van der Waals surface area contributed by atoms with E-state index in [-0.39, 0.29) is 19.1 Å². The molecule has 1 aromatic rings. The Morgan fingerprint density at radius 1 is 1.37 bits per heavy atom. The van der Waals surface area contributed by atoms with Crippen LogP contribution in [0, 0.1) is 0 Å². The van der Waals surface area contributed by atoms with E-state index in [1.807, 2.05) is 0 Å². The third kappa shape index (κ3) is 3.59. The van der Waals surface area contributed by atoms with Crippen LogP contribution in [0.4, 0.5) is 11.4 Å². The molecule has 0 atom stereocenters. The Hall–Kier alpha value is -1.79. The predicted octanol–water partition coefficient (Wildman–Crippen LogP) is 0.126. The molecule has 0 unspecified atom stereocenters. The molecule has 1 rings (SSSR count). The fourth-order valence-electron chi connectivity index (χ4n) is 1.51. The summed E-state index contributed by atoms with van der Waals surface area (Å²) in [6.07, 6.45) is 0. The first kappa shape index (κ1) is 15.3. The van der Waals surface area contributed by atoms with Gasteiger partial charge in [0.1, 0.15) is 0 Å². The van der Waals surface area contributed by atoms with Gasteiger partial charge < -0.3 is 26.2 Å². The molecule has 0 bridgehead atoms. The molecule has 0 aliphatic carbocycles. The highest BCUT2D eigenvalue weighted by atomic mass is 16.3. The van der Waals surface area contributed by atoms with Crippen molar-refractivity contribution < 1.29 is 15.0 Å². The Kier molecular flexibility index (Phi) is 4.74. The molecule has 6 heteroatoms. The van der Waals surface area contributed by atoms with Crippen LogP contribution in [-0.4, -0.2) is 53.9 Å². The summed E-state index contributed by atoms with van der Waals surface area (Å²) in [6, 6.07) is 4.87. The van der Waals surface area contributed by atoms with Gasteiger partial charge in [-0.2, -0.15) is 0 Å². The molecule has 5 N–H and O–H groups in total. The van der Waals surface area contributed by atoms with Crippen LogP contribution in [0.15, 0.2) is 18.2 Å². The average Bonchev–Trinajstić information content (AvgIpc) is 2.40. The van der Waals surface area contributed by atoms with Gasteiger partial charge in [-0.15, -0.1) is 0 Å². The summed E-state index contributed by atoms with van der Waals surface area (Å²) in [5.41, 5.74) is 6.38. The summed E-state index contributed by atoms with van der Waals surface area (Å²) in [6.45, 7) is 1.15. The van der Waals surface area contributed by atoms with E-state index >= 15 is 0 Å². The quantitative estimate of drug-likeness (QED) is 0.568. The molecule has 0 fully saturated rings. The smallest absolute Gasteiger partial charge is 0.253 e. The minimum Gasteiger partial charge on any atom is -0.397 e. The first-order valence-corrected chi connectivity index (χ1v) is 5.94. The van der Waals surface area contributed by atoms with Gasteiger partial charge in [-0.05, 0) is 25.1 Å². The number of nitrogens with one attached hydrogen (secondary N) is 1. The minimum atomic E-state index is -0.895. The lowest BCUT2D eigenvalue weighted by Gasteiger charge is -2.28. The fraction of sp³-hybridized carbons (Fsp3) is 0.462. The van der Waals surface area contributed by atoms with Gasteiger partial charge in [0, 0.05) is 19.7 Å². The molecule has 1 aromatic carbocycles. The molecule has 0 aliphatic rings. The van der Waals surface area contributed by atoms with Crippen molar-refractivity contribution in [3.05, 3.63) is 23.8 Å². The van der Waals surface area contributed by atoms with Crippen LogP contribution < -0.4 is 11.1 Å². The normalized spacial score (nSPS) is 11.2. The molecule has 0 heterocycles. The summed E-state index contributed by atoms with van der Waals surface area (Å²) in [4.78, 5) is 13.3. The number of benzene rings is 1. The fourth-order valence-corrected chi connectivity index (χ4v) is 1.51.